The zero-order valence-corrected chi connectivity index (χ0v) is 7.84. The second kappa shape index (κ2) is 5.82. The lowest BCUT2D eigenvalue weighted by molar-refractivity contribution is 0.958. The predicted molar refractivity (Wildman–Crippen MR) is 48.5 cm³/mol. The summed E-state index contributed by atoms with van der Waals surface area (Å²) < 4.78 is 0. The van der Waals surface area contributed by atoms with Crippen LogP contribution in [0.4, 0.5) is 0 Å². The van der Waals surface area contributed by atoms with Gasteiger partial charge in [0, 0.05) is 5.03 Å². The second-order valence-electron chi connectivity index (χ2n) is 2.07. The van der Waals surface area contributed by atoms with Crippen LogP contribution in [0.5, 0.6) is 0 Å². The van der Waals surface area contributed by atoms with Crippen molar-refractivity contribution in [1.82, 2.24) is 0 Å². The molecule has 0 nitrogen and oxygen atoms in total. The Morgan fingerprint density at radius 3 is 2.40 bits per heavy atom. The van der Waals surface area contributed by atoms with Crippen molar-refractivity contribution in [2.24, 2.45) is 0 Å². The molecule has 0 rings (SSSR count). The van der Waals surface area contributed by atoms with Gasteiger partial charge in [0.15, 0.2) is 0 Å². The minimum atomic E-state index is 0.634. The quantitative estimate of drug-likeness (QED) is 0.573. The van der Waals surface area contributed by atoms with Crippen molar-refractivity contribution in [3.63, 3.8) is 0 Å². The van der Waals surface area contributed by atoms with Gasteiger partial charge in [0.25, 0.3) is 0 Å². The fourth-order valence-corrected chi connectivity index (χ4v) is 0.620. The van der Waals surface area contributed by atoms with Crippen LogP contribution in [0, 0.1) is 0 Å². The Labute approximate surface area is 72.5 Å². The molecule has 0 saturated carbocycles. The first-order valence-electron chi connectivity index (χ1n) is 3.37. The van der Waals surface area contributed by atoms with Gasteiger partial charge in [-0.3, -0.25) is 0 Å². The zero-order chi connectivity index (χ0) is 7.98. The molecule has 0 heterocycles. The van der Waals surface area contributed by atoms with E-state index < -0.39 is 0 Å². The molecular formula is C8H12Cl2. The summed E-state index contributed by atoms with van der Waals surface area (Å²) in [6, 6.07) is 0. The molecule has 0 spiro atoms. The summed E-state index contributed by atoms with van der Waals surface area (Å²) in [5.74, 6) is 0. The molecule has 0 radical (unpaired) electrons. The summed E-state index contributed by atoms with van der Waals surface area (Å²) in [6.45, 7) is 3.90. The van der Waals surface area contributed by atoms with Gasteiger partial charge in [-0.15, -0.1) is 0 Å². The fourth-order valence-electron chi connectivity index (χ4n) is 0.468. The monoisotopic (exact) mass is 178 g/mol. The van der Waals surface area contributed by atoms with E-state index in [0.29, 0.717) is 10.1 Å². The van der Waals surface area contributed by atoms with Crippen LogP contribution in [0.15, 0.2) is 22.2 Å². The Hall–Kier alpha value is 0.0600. The minimum absolute atomic E-state index is 0.634. The van der Waals surface area contributed by atoms with Crippen LogP contribution in [-0.2, 0) is 0 Å². The van der Waals surface area contributed by atoms with Crippen molar-refractivity contribution in [2.75, 3.05) is 0 Å². The molecule has 0 saturated heterocycles. The van der Waals surface area contributed by atoms with Crippen LogP contribution in [0.3, 0.4) is 0 Å². The minimum Gasteiger partial charge on any atom is -0.0878 e. The van der Waals surface area contributed by atoms with E-state index in [4.69, 9.17) is 23.2 Å². The first-order chi connectivity index (χ1) is 4.68. The maximum atomic E-state index is 5.71. The third-order valence-electron chi connectivity index (χ3n) is 1.05. The highest BCUT2D eigenvalue weighted by Gasteiger charge is 1.88. The summed E-state index contributed by atoms with van der Waals surface area (Å²) in [4.78, 5) is 0. The van der Waals surface area contributed by atoms with Gasteiger partial charge in [0.2, 0.25) is 0 Å². The van der Waals surface area contributed by atoms with Crippen LogP contribution in [0.25, 0.3) is 0 Å². The fraction of sp³-hybridized carbons (Fsp3) is 0.500. The topological polar surface area (TPSA) is 0 Å². The number of unbranched alkanes of at least 4 members (excludes halogenated alkanes) is 1. The van der Waals surface area contributed by atoms with E-state index in [9.17, 15) is 0 Å². The van der Waals surface area contributed by atoms with Crippen molar-refractivity contribution >= 4 is 23.2 Å². The van der Waals surface area contributed by atoms with Gasteiger partial charge in [0.05, 0.1) is 5.03 Å². The third-order valence-corrected chi connectivity index (χ3v) is 1.76. The number of rotatable bonds is 3. The molecule has 0 aromatic carbocycles. The molecule has 0 aromatic heterocycles. The van der Waals surface area contributed by atoms with E-state index >= 15 is 0 Å². The summed E-state index contributed by atoms with van der Waals surface area (Å²) >= 11 is 11.3. The Morgan fingerprint density at radius 2 is 2.00 bits per heavy atom. The summed E-state index contributed by atoms with van der Waals surface area (Å²) in [5, 5.41) is 1.28. The average Bonchev–Trinajstić information content (AvgIpc) is 1.88. The molecular weight excluding hydrogens is 167 g/mol. The van der Waals surface area contributed by atoms with E-state index in [1.807, 2.05) is 12.2 Å². The molecule has 10 heavy (non-hydrogen) atoms. The van der Waals surface area contributed by atoms with Gasteiger partial charge >= 0.3 is 0 Å². The lowest BCUT2D eigenvalue weighted by Gasteiger charge is -1.89. The predicted octanol–water partition coefficient (Wildman–Crippen LogP) is 4.05. The second-order valence-corrected chi connectivity index (χ2v) is 3.05. The Balaban J connectivity index is 3.78. The third kappa shape index (κ3) is 4.89. The molecule has 0 fully saturated rings. The average molecular weight is 179 g/mol. The van der Waals surface area contributed by atoms with Crippen LogP contribution >= 0.6 is 23.2 Å². The lowest BCUT2D eigenvalue weighted by atomic mass is 10.3. The normalized spacial score (nSPS) is 14.0. The molecule has 0 N–H and O–H groups in total. The molecule has 0 aliphatic rings. The van der Waals surface area contributed by atoms with Gasteiger partial charge in [-0.2, -0.15) is 0 Å². The van der Waals surface area contributed by atoms with Crippen LogP contribution in [0.1, 0.15) is 26.7 Å². The van der Waals surface area contributed by atoms with Crippen LogP contribution in [0.2, 0.25) is 0 Å². The van der Waals surface area contributed by atoms with Crippen molar-refractivity contribution in [2.45, 2.75) is 26.7 Å². The molecule has 0 bridgehead atoms. The highest BCUT2D eigenvalue weighted by molar-refractivity contribution is 6.39. The van der Waals surface area contributed by atoms with Crippen LogP contribution in [-0.4, -0.2) is 0 Å². The van der Waals surface area contributed by atoms with Crippen molar-refractivity contribution in [1.29, 1.82) is 0 Å². The number of hydrogen-bond donors (Lipinski definition) is 0. The van der Waals surface area contributed by atoms with Gasteiger partial charge < -0.3 is 0 Å². The van der Waals surface area contributed by atoms with E-state index in [1.165, 1.54) is 0 Å². The molecule has 0 unspecified atom stereocenters. The SMILES string of the molecule is CCC/C=C\C(Cl)=C(/C)Cl. The molecule has 0 aliphatic carbocycles. The summed E-state index contributed by atoms with van der Waals surface area (Å²) in [5.41, 5.74) is 0. The number of hydrogen-bond acceptors (Lipinski definition) is 0. The highest BCUT2D eigenvalue weighted by atomic mass is 35.5. The van der Waals surface area contributed by atoms with Gasteiger partial charge in [-0.05, 0) is 19.4 Å². The Morgan fingerprint density at radius 1 is 1.40 bits per heavy atom. The lowest BCUT2D eigenvalue weighted by Crippen LogP contribution is -1.67. The van der Waals surface area contributed by atoms with Crippen LogP contribution < -0.4 is 0 Å². The van der Waals surface area contributed by atoms with E-state index in [2.05, 4.69) is 6.92 Å². The Bertz CT molecular complexity index is 141. The molecule has 58 valence electrons. The highest BCUT2D eigenvalue weighted by Crippen LogP contribution is 2.14. The first-order valence-corrected chi connectivity index (χ1v) is 4.12. The zero-order valence-electron chi connectivity index (χ0n) is 6.32. The first kappa shape index (κ1) is 10.1. The summed E-state index contributed by atoms with van der Waals surface area (Å²) in [7, 11) is 0. The van der Waals surface area contributed by atoms with E-state index in [-0.39, 0.29) is 0 Å². The van der Waals surface area contributed by atoms with Crippen molar-refractivity contribution < 1.29 is 0 Å². The van der Waals surface area contributed by atoms with Gasteiger partial charge in [-0.1, -0.05) is 42.6 Å². The number of halogens is 2. The molecule has 2 heteroatoms. The van der Waals surface area contributed by atoms with Gasteiger partial charge in [-0.25, -0.2) is 0 Å². The summed E-state index contributed by atoms with van der Waals surface area (Å²) in [6.07, 6.45) is 6.06. The van der Waals surface area contributed by atoms with E-state index in [0.717, 1.165) is 12.8 Å². The smallest absolute Gasteiger partial charge is 0.0545 e. The molecule has 0 amide bonds. The maximum absolute atomic E-state index is 5.71. The van der Waals surface area contributed by atoms with Crippen molar-refractivity contribution in [3.8, 4) is 0 Å². The molecule has 0 aliphatic heterocycles. The molecule has 0 atom stereocenters. The largest absolute Gasteiger partial charge is 0.0878 e. The number of allylic oxidation sites excluding steroid dienone is 4. The standard InChI is InChI=1S/C8H12Cl2/c1-3-4-5-6-8(10)7(2)9/h5-6H,3-4H2,1-2H3/b6-5-,8-7-. The Kier molecular flexibility index (Phi) is 5.85. The van der Waals surface area contributed by atoms with Crippen molar-refractivity contribution in [3.05, 3.63) is 22.2 Å². The molecule has 0 aromatic rings. The maximum Gasteiger partial charge on any atom is 0.0545 e. The van der Waals surface area contributed by atoms with Gasteiger partial charge in [0.1, 0.15) is 0 Å². The van der Waals surface area contributed by atoms with E-state index in [1.54, 1.807) is 6.92 Å².